The summed E-state index contributed by atoms with van der Waals surface area (Å²) in [7, 11) is 3.05. The van der Waals surface area contributed by atoms with E-state index in [1.807, 2.05) is 0 Å². The molecule has 0 bridgehead atoms. The number of aryl methyl sites for hydroxylation is 1. The van der Waals surface area contributed by atoms with E-state index in [0.717, 1.165) is 0 Å². The molecule has 9 nitrogen and oxygen atoms in total. The van der Waals surface area contributed by atoms with E-state index in [-0.39, 0.29) is 17.3 Å². The summed E-state index contributed by atoms with van der Waals surface area (Å²) in [6, 6.07) is 2.97. The van der Waals surface area contributed by atoms with Gasteiger partial charge in [-0.1, -0.05) is 0 Å². The monoisotopic (exact) mass is 303 g/mol. The van der Waals surface area contributed by atoms with Gasteiger partial charge in [0.2, 0.25) is 11.7 Å². The Balaban J connectivity index is 2.21. The van der Waals surface area contributed by atoms with Crippen LogP contribution in [0.1, 0.15) is 6.42 Å². The Morgan fingerprint density at radius 3 is 2.64 bits per heavy atom. The molecular formula is C13H13N5O4. The van der Waals surface area contributed by atoms with E-state index in [9.17, 15) is 14.9 Å². The van der Waals surface area contributed by atoms with Gasteiger partial charge in [-0.25, -0.2) is 4.98 Å². The van der Waals surface area contributed by atoms with E-state index in [2.05, 4.69) is 10.1 Å². The SMILES string of the molecule is COc1c(-c2ncn(C)n2)cc(N2CCC2=O)cc1[N+](=O)[O-]. The minimum absolute atomic E-state index is 0.0700. The zero-order valence-corrected chi connectivity index (χ0v) is 12.0. The normalized spacial score (nSPS) is 13.9. The zero-order valence-electron chi connectivity index (χ0n) is 12.0. The maximum absolute atomic E-state index is 11.6. The molecule has 9 heteroatoms. The lowest BCUT2D eigenvalue weighted by molar-refractivity contribution is -0.385. The Bertz CT molecular complexity index is 770. The summed E-state index contributed by atoms with van der Waals surface area (Å²) in [4.78, 5) is 28.0. The average Bonchev–Trinajstić information content (AvgIpc) is 2.91. The van der Waals surface area contributed by atoms with Crippen molar-refractivity contribution in [2.75, 3.05) is 18.6 Å². The molecule has 1 aromatic heterocycles. The number of nitro groups is 1. The van der Waals surface area contributed by atoms with Crippen LogP contribution in [0.2, 0.25) is 0 Å². The number of β-lactam (4-membered cyclic amide) rings is 1. The second-order valence-electron chi connectivity index (χ2n) is 4.84. The zero-order chi connectivity index (χ0) is 15.9. The van der Waals surface area contributed by atoms with Crippen LogP contribution >= 0.6 is 0 Å². The fraction of sp³-hybridized carbons (Fsp3) is 0.308. The number of nitro benzene ring substituents is 1. The summed E-state index contributed by atoms with van der Waals surface area (Å²) in [5.74, 6) is 0.310. The van der Waals surface area contributed by atoms with Crippen LogP contribution in [0.15, 0.2) is 18.5 Å². The van der Waals surface area contributed by atoms with Crippen molar-refractivity contribution in [2.45, 2.75) is 6.42 Å². The van der Waals surface area contributed by atoms with Gasteiger partial charge in [0.15, 0.2) is 5.82 Å². The van der Waals surface area contributed by atoms with Crippen molar-refractivity contribution in [3.05, 3.63) is 28.6 Å². The van der Waals surface area contributed by atoms with Crippen molar-refractivity contribution < 1.29 is 14.5 Å². The van der Waals surface area contributed by atoms with Gasteiger partial charge in [-0.2, -0.15) is 5.10 Å². The summed E-state index contributed by atoms with van der Waals surface area (Å²) >= 11 is 0. The van der Waals surface area contributed by atoms with E-state index in [1.54, 1.807) is 13.1 Å². The number of nitrogens with zero attached hydrogens (tertiary/aromatic N) is 5. The highest BCUT2D eigenvalue weighted by Gasteiger charge is 2.30. The van der Waals surface area contributed by atoms with Crippen molar-refractivity contribution in [1.29, 1.82) is 0 Å². The van der Waals surface area contributed by atoms with Crippen LogP contribution in [0.25, 0.3) is 11.4 Å². The number of methoxy groups -OCH3 is 1. The van der Waals surface area contributed by atoms with Gasteiger partial charge in [0.25, 0.3) is 0 Å². The number of aromatic nitrogens is 3. The van der Waals surface area contributed by atoms with Gasteiger partial charge >= 0.3 is 5.69 Å². The molecule has 0 atom stereocenters. The van der Waals surface area contributed by atoms with Gasteiger partial charge in [-0.05, 0) is 6.07 Å². The lowest BCUT2D eigenvalue weighted by Gasteiger charge is -2.30. The molecule has 1 saturated heterocycles. The number of ether oxygens (including phenoxy) is 1. The van der Waals surface area contributed by atoms with Crippen LogP contribution in [0.5, 0.6) is 5.75 Å². The third-order valence-electron chi connectivity index (χ3n) is 3.46. The van der Waals surface area contributed by atoms with Crippen LogP contribution in [-0.4, -0.2) is 39.2 Å². The summed E-state index contributed by atoms with van der Waals surface area (Å²) in [6.07, 6.45) is 1.93. The number of carbonyl (C=O) groups is 1. The topological polar surface area (TPSA) is 103 Å². The van der Waals surface area contributed by atoms with Gasteiger partial charge in [0, 0.05) is 26.1 Å². The quantitative estimate of drug-likeness (QED) is 0.476. The Morgan fingerprint density at radius 1 is 1.41 bits per heavy atom. The number of hydrogen-bond acceptors (Lipinski definition) is 6. The van der Waals surface area contributed by atoms with E-state index < -0.39 is 4.92 Å². The predicted molar refractivity (Wildman–Crippen MR) is 76.6 cm³/mol. The number of anilines is 1. The molecule has 2 heterocycles. The van der Waals surface area contributed by atoms with Crippen molar-refractivity contribution in [3.8, 4) is 17.1 Å². The van der Waals surface area contributed by atoms with Crippen LogP contribution in [0.4, 0.5) is 11.4 Å². The molecule has 1 fully saturated rings. The molecule has 0 unspecified atom stereocenters. The third kappa shape index (κ3) is 2.16. The van der Waals surface area contributed by atoms with Crippen LogP contribution < -0.4 is 9.64 Å². The Kier molecular flexibility index (Phi) is 3.24. The van der Waals surface area contributed by atoms with Crippen molar-refractivity contribution in [2.24, 2.45) is 7.05 Å². The molecule has 0 saturated carbocycles. The molecule has 1 aliphatic heterocycles. The minimum Gasteiger partial charge on any atom is -0.490 e. The van der Waals surface area contributed by atoms with Gasteiger partial charge in [-0.3, -0.25) is 19.6 Å². The van der Waals surface area contributed by atoms with Crippen molar-refractivity contribution in [3.63, 3.8) is 0 Å². The number of benzene rings is 1. The molecule has 0 aliphatic carbocycles. The second kappa shape index (κ2) is 5.10. The first-order chi connectivity index (χ1) is 10.5. The number of carbonyl (C=O) groups excluding carboxylic acids is 1. The van der Waals surface area contributed by atoms with E-state index in [1.165, 1.54) is 29.1 Å². The van der Waals surface area contributed by atoms with Crippen LogP contribution in [0.3, 0.4) is 0 Å². The Hall–Kier alpha value is -2.97. The maximum Gasteiger partial charge on any atom is 0.313 e. The highest BCUT2D eigenvalue weighted by molar-refractivity contribution is 6.00. The number of amides is 1. The fourth-order valence-corrected chi connectivity index (χ4v) is 2.32. The van der Waals surface area contributed by atoms with Gasteiger partial charge < -0.3 is 9.64 Å². The molecule has 114 valence electrons. The lowest BCUT2D eigenvalue weighted by atomic mass is 10.1. The molecule has 22 heavy (non-hydrogen) atoms. The Morgan fingerprint density at radius 2 is 2.18 bits per heavy atom. The molecule has 0 N–H and O–H groups in total. The molecule has 0 spiro atoms. The minimum atomic E-state index is -0.543. The smallest absolute Gasteiger partial charge is 0.313 e. The van der Waals surface area contributed by atoms with Crippen LogP contribution in [0, 0.1) is 10.1 Å². The highest BCUT2D eigenvalue weighted by atomic mass is 16.6. The molecular weight excluding hydrogens is 290 g/mol. The lowest BCUT2D eigenvalue weighted by Crippen LogP contribution is -2.43. The number of rotatable bonds is 4. The Labute approximate surface area is 125 Å². The summed E-state index contributed by atoms with van der Waals surface area (Å²) in [6.45, 7) is 0.539. The summed E-state index contributed by atoms with van der Waals surface area (Å²) < 4.78 is 6.67. The molecule has 1 amide bonds. The van der Waals surface area contributed by atoms with E-state index >= 15 is 0 Å². The van der Waals surface area contributed by atoms with E-state index in [4.69, 9.17) is 4.74 Å². The second-order valence-corrected chi connectivity index (χ2v) is 4.84. The average molecular weight is 303 g/mol. The van der Waals surface area contributed by atoms with Gasteiger partial charge in [0.05, 0.1) is 23.3 Å². The van der Waals surface area contributed by atoms with Gasteiger partial charge in [-0.15, -0.1) is 0 Å². The first kappa shape index (κ1) is 14.0. The predicted octanol–water partition coefficient (Wildman–Crippen LogP) is 1.14. The first-order valence-electron chi connectivity index (χ1n) is 6.54. The van der Waals surface area contributed by atoms with Crippen molar-refractivity contribution in [1.82, 2.24) is 14.8 Å². The van der Waals surface area contributed by atoms with E-state index in [0.29, 0.717) is 30.0 Å². The third-order valence-corrected chi connectivity index (χ3v) is 3.46. The summed E-state index contributed by atoms with van der Waals surface area (Å²) in [5.41, 5.74) is 0.611. The molecule has 0 radical (unpaired) electrons. The fourth-order valence-electron chi connectivity index (χ4n) is 2.32. The molecule has 3 rings (SSSR count). The highest BCUT2D eigenvalue weighted by Crippen LogP contribution is 2.41. The van der Waals surface area contributed by atoms with Crippen molar-refractivity contribution >= 4 is 17.3 Å². The maximum atomic E-state index is 11.6. The number of hydrogen-bond donors (Lipinski definition) is 0. The standard InChI is InChI=1S/C13H13N5O4/c1-16-7-14-13(15-16)9-5-8(17-4-3-11(17)19)6-10(18(20)21)12(9)22-2/h5-7H,3-4H2,1-2H3. The van der Waals surface area contributed by atoms with Gasteiger partial charge in [0.1, 0.15) is 6.33 Å². The summed E-state index contributed by atoms with van der Waals surface area (Å²) in [5, 5.41) is 15.5. The first-order valence-corrected chi connectivity index (χ1v) is 6.54. The largest absolute Gasteiger partial charge is 0.490 e. The molecule has 1 aromatic carbocycles. The molecule has 1 aliphatic rings. The molecule has 2 aromatic rings. The van der Waals surface area contributed by atoms with Crippen LogP contribution in [-0.2, 0) is 11.8 Å².